The van der Waals surface area contributed by atoms with Gasteiger partial charge in [0.2, 0.25) is 0 Å². The van der Waals surface area contributed by atoms with Crippen molar-refractivity contribution in [3.05, 3.63) is 54.1 Å². The number of nitrogens with zero attached hydrogens (tertiary/aromatic N) is 1. The molecule has 0 amide bonds. The molecule has 2 aromatic carbocycles. The van der Waals surface area contributed by atoms with Crippen LogP contribution in [0, 0.1) is 0 Å². The fourth-order valence-corrected chi connectivity index (χ4v) is 2.84. The summed E-state index contributed by atoms with van der Waals surface area (Å²) >= 11 is 1.60. The minimum absolute atomic E-state index is 0.463. The molecule has 0 unspecified atom stereocenters. The summed E-state index contributed by atoms with van der Waals surface area (Å²) in [5, 5.41) is 0.946. The zero-order valence-electron chi connectivity index (χ0n) is 9.06. The fourth-order valence-electron chi connectivity index (χ4n) is 1.82. The van der Waals surface area contributed by atoms with E-state index >= 15 is 0 Å². The van der Waals surface area contributed by atoms with Gasteiger partial charge in [0.15, 0.2) is 0 Å². The van der Waals surface area contributed by atoms with Crippen LogP contribution in [0.2, 0.25) is 0 Å². The van der Waals surface area contributed by atoms with Crippen molar-refractivity contribution in [2.75, 3.05) is 0 Å². The number of thiazole rings is 1. The number of hydrogen-bond acceptors (Lipinski definition) is 2. The first-order valence-electron chi connectivity index (χ1n) is 5.38. The third-order valence-corrected chi connectivity index (χ3v) is 3.74. The van der Waals surface area contributed by atoms with Gasteiger partial charge in [-0.25, -0.2) is 9.37 Å². The summed E-state index contributed by atoms with van der Waals surface area (Å²) < 4.78 is 13.9. The Morgan fingerprint density at radius 3 is 2.59 bits per heavy atom. The lowest BCUT2D eigenvalue weighted by atomic mass is 10.2. The van der Waals surface area contributed by atoms with E-state index in [-0.39, 0.29) is 0 Å². The molecule has 3 rings (SSSR count). The Kier molecular flexibility index (Phi) is 2.61. The highest BCUT2D eigenvalue weighted by Crippen LogP contribution is 2.31. The Hall–Kier alpha value is -1.74. The molecule has 3 heteroatoms. The van der Waals surface area contributed by atoms with Crippen molar-refractivity contribution in [2.24, 2.45) is 0 Å². The quantitative estimate of drug-likeness (QED) is 0.647. The summed E-state index contributed by atoms with van der Waals surface area (Å²) in [7, 11) is 0. The molecule has 0 aliphatic rings. The maximum absolute atomic E-state index is 12.8. The smallest absolute Gasteiger partial charge is 0.124 e. The van der Waals surface area contributed by atoms with Crippen molar-refractivity contribution >= 4 is 21.6 Å². The van der Waals surface area contributed by atoms with Gasteiger partial charge in [-0.05, 0) is 6.07 Å². The average molecular weight is 242 g/mol. The number of alkyl halides is 1. The van der Waals surface area contributed by atoms with Crippen LogP contribution in [0.15, 0.2) is 48.5 Å². The third-order valence-electron chi connectivity index (χ3n) is 2.67. The Morgan fingerprint density at radius 1 is 1.00 bits per heavy atom. The predicted octanol–water partition coefficient (Wildman–Crippen LogP) is 4.43. The van der Waals surface area contributed by atoms with Crippen LogP contribution >= 0.6 is 11.3 Å². The minimum Gasteiger partial charge on any atom is -0.246 e. The molecule has 0 spiro atoms. The van der Waals surface area contributed by atoms with Crippen LogP contribution in [0.25, 0.3) is 20.8 Å². The van der Waals surface area contributed by atoms with Crippen LogP contribution in [0.5, 0.6) is 0 Å². The van der Waals surface area contributed by atoms with Crippen molar-refractivity contribution < 1.29 is 4.39 Å². The van der Waals surface area contributed by atoms with Gasteiger partial charge in [-0.3, -0.25) is 0 Å². The van der Waals surface area contributed by atoms with Crippen LogP contribution in [0.3, 0.4) is 0 Å². The standard InChI is InChI=1S/C14H10FNS/c15-9-11-7-4-8-12-13(11)16-14(17-12)10-5-2-1-3-6-10/h1-8H,9H2/i15-1. The normalized spacial score (nSPS) is 10.9. The summed E-state index contributed by atoms with van der Waals surface area (Å²) in [5.74, 6) is 0. The Labute approximate surface area is 103 Å². The van der Waals surface area contributed by atoms with Crippen LogP contribution < -0.4 is 0 Å². The monoisotopic (exact) mass is 242 g/mol. The summed E-state index contributed by atoms with van der Waals surface area (Å²) in [6, 6.07) is 15.6. The summed E-state index contributed by atoms with van der Waals surface area (Å²) in [6.07, 6.45) is 0. The van der Waals surface area contributed by atoms with Crippen molar-refractivity contribution in [3.8, 4) is 10.6 Å². The van der Waals surface area contributed by atoms with E-state index in [1.807, 2.05) is 42.5 Å². The van der Waals surface area contributed by atoms with Crippen molar-refractivity contribution in [3.63, 3.8) is 0 Å². The molecular weight excluding hydrogens is 232 g/mol. The number of rotatable bonds is 2. The van der Waals surface area contributed by atoms with Gasteiger partial charge in [0.25, 0.3) is 0 Å². The molecule has 0 radical (unpaired) electrons. The molecular formula is C14H10FNS. The van der Waals surface area contributed by atoms with Crippen LogP contribution in [-0.4, -0.2) is 4.98 Å². The zero-order valence-corrected chi connectivity index (χ0v) is 9.88. The van der Waals surface area contributed by atoms with E-state index < -0.39 is 6.67 Å². The number of halogens is 1. The van der Waals surface area contributed by atoms with E-state index in [2.05, 4.69) is 4.98 Å². The Morgan fingerprint density at radius 2 is 1.82 bits per heavy atom. The van der Waals surface area contributed by atoms with E-state index in [4.69, 9.17) is 0 Å². The molecule has 0 bridgehead atoms. The van der Waals surface area contributed by atoms with Gasteiger partial charge in [-0.15, -0.1) is 11.3 Å². The third kappa shape index (κ3) is 1.83. The molecule has 0 aliphatic carbocycles. The second-order valence-electron chi connectivity index (χ2n) is 3.78. The first-order chi connectivity index (χ1) is 8.38. The number of benzene rings is 2. The van der Waals surface area contributed by atoms with Crippen LogP contribution in [0.1, 0.15) is 5.56 Å². The average Bonchev–Trinajstić information content (AvgIpc) is 2.83. The lowest BCUT2D eigenvalue weighted by molar-refractivity contribution is 0.487. The molecule has 1 aromatic heterocycles. The van der Waals surface area contributed by atoms with E-state index in [1.165, 1.54) is 0 Å². The molecule has 17 heavy (non-hydrogen) atoms. The minimum atomic E-state index is -0.463. The van der Waals surface area contributed by atoms with Gasteiger partial charge >= 0.3 is 0 Å². The Balaban J connectivity index is 2.20. The first kappa shape index (κ1) is 10.4. The molecule has 0 atom stereocenters. The number of fused-ring (bicyclic) bond motifs is 1. The lowest BCUT2D eigenvalue weighted by Crippen LogP contribution is -1.81. The van der Waals surface area contributed by atoms with E-state index in [0.29, 0.717) is 5.56 Å². The van der Waals surface area contributed by atoms with Gasteiger partial charge in [0.05, 0.1) is 10.2 Å². The van der Waals surface area contributed by atoms with E-state index in [9.17, 15) is 4.39 Å². The van der Waals surface area contributed by atoms with Crippen molar-refractivity contribution in [1.82, 2.24) is 4.98 Å². The molecule has 3 aromatic rings. The number of hydrogen-bond donors (Lipinski definition) is 0. The van der Waals surface area contributed by atoms with Gasteiger partial charge in [0.1, 0.15) is 11.7 Å². The highest BCUT2D eigenvalue weighted by atomic mass is 32.1. The maximum Gasteiger partial charge on any atom is 0.124 e. The molecule has 0 aliphatic heterocycles. The van der Waals surface area contributed by atoms with Crippen LogP contribution in [0.4, 0.5) is 4.39 Å². The Bertz CT molecular complexity index is 646. The van der Waals surface area contributed by atoms with Gasteiger partial charge in [-0.2, -0.15) is 0 Å². The van der Waals surface area contributed by atoms with Crippen molar-refractivity contribution in [1.29, 1.82) is 0 Å². The molecule has 0 saturated carbocycles. The number of aromatic nitrogens is 1. The molecule has 1 nitrogen and oxygen atoms in total. The van der Waals surface area contributed by atoms with E-state index in [1.54, 1.807) is 17.4 Å². The molecule has 0 N–H and O–H groups in total. The highest BCUT2D eigenvalue weighted by molar-refractivity contribution is 7.21. The second kappa shape index (κ2) is 4.26. The SMILES string of the molecule is [18F]Cc1cccc2sc(-c3ccccc3)nc12. The fraction of sp³-hybridized carbons (Fsp3) is 0.0714. The van der Waals surface area contributed by atoms with Crippen LogP contribution in [-0.2, 0) is 6.67 Å². The summed E-state index contributed by atoms with van der Waals surface area (Å²) in [6.45, 7) is -0.463. The maximum atomic E-state index is 12.8. The summed E-state index contributed by atoms with van der Waals surface area (Å²) in [4.78, 5) is 4.53. The highest BCUT2D eigenvalue weighted by Gasteiger charge is 2.08. The lowest BCUT2D eigenvalue weighted by Gasteiger charge is -1.94. The van der Waals surface area contributed by atoms with Gasteiger partial charge in [-0.1, -0.05) is 42.5 Å². The largest absolute Gasteiger partial charge is 0.246 e. The predicted molar refractivity (Wildman–Crippen MR) is 69.9 cm³/mol. The number of para-hydroxylation sites is 1. The molecule has 0 fully saturated rings. The van der Waals surface area contributed by atoms with Gasteiger partial charge < -0.3 is 0 Å². The van der Waals surface area contributed by atoms with E-state index in [0.717, 1.165) is 20.8 Å². The molecule has 1 heterocycles. The molecule has 84 valence electrons. The molecule has 0 saturated heterocycles. The first-order valence-corrected chi connectivity index (χ1v) is 6.20. The summed E-state index contributed by atoms with van der Waals surface area (Å²) in [5.41, 5.74) is 2.54. The topological polar surface area (TPSA) is 12.9 Å². The second-order valence-corrected chi connectivity index (χ2v) is 4.81. The van der Waals surface area contributed by atoms with Gasteiger partial charge in [0, 0.05) is 11.1 Å². The van der Waals surface area contributed by atoms with Crippen molar-refractivity contribution in [2.45, 2.75) is 6.67 Å². The zero-order chi connectivity index (χ0) is 11.7.